The molecule has 2 aliphatic rings. The molecule has 0 fully saturated rings. The van der Waals surface area contributed by atoms with E-state index in [9.17, 15) is 4.79 Å². The maximum Gasteiger partial charge on any atom is 0.312 e. The van der Waals surface area contributed by atoms with Crippen LogP contribution in [0.2, 0.25) is 0 Å². The van der Waals surface area contributed by atoms with Crippen molar-refractivity contribution < 1.29 is 9.53 Å². The first-order valence-corrected chi connectivity index (χ1v) is 5.52. The Morgan fingerprint density at radius 2 is 2.00 bits per heavy atom. The van der Waals surface area contributed by atoms with Gasteiger partial charge in [0.1, 0.15) is 5.75 Å². The first-order valence-electron chi connectivity index (χ1n) is 5.52. The van der Waals surface area contributed by atoms with Gasteiger partial charge in [-0.15, -0.1) is 0 Å². The third-order valence-electron chi connectivity index (χ3n) is 3.05. The lowest BCUT2D eigenvalue weighted by Gasteiger charge is -2.44. The SMILES string of the molecule is CC.CC12CC(=O)Oc3cccc(c31)C2. The maximum atomic E-state index is 11.2. The number of carbonyl (C=O) groups excluding carboxylic acids is 1. The average molecular weight is 204 g/mol. The van der Waals surface area contributed by atoms with Gasteiger partial charge in [0.05, 0.1) is 6.42 Å². The Balaban J connectivity index is 0.000000404. The summed E-state index contributed by atoms with van der Waals surface area (Å²) in [5, 5.41) is 0. The molecule has 15 heavy (non-hydrogen) atoms. The van der Waals surface area contributed by atoms with Gasteiger partial charge in [-0.1, -0.05) is 32.9 Å². The minimum absolute atomic E-state index is 0.0707. The van der Waals surface area contributed by atoms with Crippen molar-refractivity contribution >= 4 is 5.97 Å². The van der Waals surface area contributed by atoms with Gasteiger partial charge in [0.15, 0.2) is 0 Å². The van der Waals surface area contributed by atoms with Crippen molar-refractivity contribution in [2.75, 3.05) is 0 Å². The molecule has 1 aromatic carbocycles. The molecule has 0 aromatic heterocycles. The summed E-state index contributed by atoms with van der Waals surface area (Å²) in [6.45, 7) is 6.14. The van der Waals surface area contributed by atoms with Crippen LogP contribution in [0.4, 0.5) is 0 Å². The van der Waals surface area contributed by atoms with Crippen molar-refractivity contribution in [2.24, 2.45) is 0 Å². The van der Waals surface area contributed by atoms with E-state index in [1.54, 1.807) is 0 Å². The topological polar surface area (TPSA) is 26.3 Å². The van der Waals surface area contributed by atoms with Gasteiger partial charge >= 0.3 is 5.97 Å². The van der Waals surface area contributed by atoms with E-state index in [-0.39, 0.29) is 11.4 Å². The molecule has 1 heterocycles. The zero-order valence-corrected chi connectivity index (χ0v) is 9.46. The summed E-state index contributed by atoms with van der Waals surface area (Å²) in [4.78, 5) is 11.2. The van der Waals surface area contributed by atoms with Gasteiger partial charge in [0.2, 0.25) is 0 Å². The molecule has 0 radical (unpaired) electrons. The number of benzene rings is 1. The predicted molar refractivity (Wildman–Crippen MR) is 59.1 cm³/mol. The molecule has 1 unspecified atom stereocenters. The van der Waals surface area contributed by atoms with Crippen LogP contribution in [0.3, 0.4) is 0 Å². The van der Waals surface area contributed by atoms with Crippen molar-refractivity contribution in [2.45, 2.75) is 39.0 Å². The van der Waals surface area contributed by atoms with Crippen LogP contribution in [0.15, 0.2) is 18.2 Å². The highest BCUT2D eigenvalue weighted by molar-refractivity contribution is 5.80. The number of esters is 1. The van der Waals surface area contributed by atoms with Gasteiger partial charge < -0.3 is 4.74 Å². The summed E-state index contributed by atoms with van der Waals surface area (Å²) in [5.41, 5.74) is 2.67. The molecular weight excluding hydrogens is 188 g/mol. The third-order valence-corrected chi connectivity index (χ3v) is 3.05. The van der Waals surface area contributed by atoms with E-state index >= 15 is 0 Å². The summed E-state index contributed by atoms with van der Waals surface area (Å²) >= 11 is 0. The van der Waals surface area contributed by atoms with E-state index in [2.05, 4.69) is 13.0 Å². The van der Waals surface area contributed by atoms with Crippen molar-refractivity contribution in [1.82, 2.24) is 0 Å². The molecule has 80 valence electrons. The minimum Gasteiger partial charge on any atom is -0.426 e. The smallest absolute Gasteiger partial charge is 0.312 e. The van der Waals surface area contributed by atoms with Gasteiger partial charge in [-0.2, -0.15) is 0 Å². The van der Waals surface area contributed by atoms with Gasteiger partial charge in [0.25, 0.3) is 0 Å². The van der Waals surface area contributed by atoms with E-state index in [0.29, 0.717) is 6.42 Å². The monoisotopic (exact) mass is 204 g/mol. The van der Waals surface area contributed by atoms with Crippen LogP contribution in [0.5, 0.6) is 5.75 Å². The van der Waals surface area contributed by atoms with E-state index in [0.717, 1.165) is 12.2 Å². The average Bonchev–Trinajstić information content (AvgIpc) is 2.18. The van der Waals surface area contributed by atoms with Gasteiger partial charge in [-0.05, 0) is 18.1 Å². The van der Waals surface area contributed by atoms with Crippen LogP contribution in [0, 0.1) is 0 Å². The van der Waals surface area contributed by atoms with E-state index in [1.807, 2.05) is 26.0 Å². The lowest BCUT2D eigenvalue weighted by atomic mass is 9.62. The maximum absolute atomic E-state index is 11.2. The lowest BCUT2D eigenvalue weighted by Crippen LogP contribution is -2.43. The van der Waals surface area contributed by atoms with Crippen LogP contribution in [-0.4, -0.2) is 5.97 Å². The van der Waals surface area contributed by atoms with Crippen LogP contribution in [0.1, 0.15) is 38.3 Å². The first kappa shape index (κ1) is 10.2. The molecule has 1 aliphatic heterocycles. The fraction of sp³-hybridized carbons (Fsp3) is 0.462. The van der Waals surface area contributed by atoms with Crippen molar-refractivity contribution in [3.63, 3.8) is 0 Å². The Morgan fingerprint density at radius 1 is 1.27 bits per heavy atom. The molecular formula is C13H16O2. The van der Waals surface area contributed by atoms with Crippen LogP contribution >= 0.6 is 0 Å². The third kappa shape index (κ3) is 1.36. The molecule has 0 spiro atoms. The Hall–Kier alpha value is -1.31. The number of rotatable bonds is 0. The fourth-order valence-electron chi connectivity index (χ4n) is 2.52. The molecule has 2 heteroatoms. The summed E-state index contributed by atoms with van der Waals surface area (Å²) in [6, 6.07) is 5.94. The highest BCUT2D eigenvalue weighted by atomic mass is 16.5. The van der Waals surface area contributed by atoms with E-state index < -0.39 is 0 Å². The first-order chi connectivity index (χ1) is 7.19. The normalized spacial score (nSPS) is 25.4. The quantitative estimate of drug-likeness (QED) is 0.480. The molecule has 2 nitrogen and oxygen atoms in total. The highest BCUT2D eigenvalue weighted by Gasteiger charge is 2.46. The minimum atomic E-state index is -0.0909. The van der Waals surface area contributed by atoms with Crippen molar-refractivity contribution in [3.8, 4) is 5.75 Å². The molecule has 0 N–H and O–H groups in total. The lowest BCUT2D eigenvalue weighted by molar-refractivity contribution is -0.137. The summed E-state index contributed by atoms with van der Waals surface area (Å²) in [6.07, 6.45) is 1.56. The van der Waals surface area contributed by atoms with Crippen LogP contribution < -0.4 is 4.74 Å². The summed E-state index contributed by atoms with van der Waals surface area (Å²) < 4.78 is 5.17. The van der Waals surface area contributed by atoms with Gasteiger partial charge in [-0.25, -0.2) is 0 Å². The second kappa shape index (κ2) is 3.37. The van der Waals surface area contributed by atoms with Crippen LogP contribution in [0.25, 0.3) is 0 Å². The predicted octanol–water partition coefficient (Wildman–Crippen LogP) is 2.84. The standard InChI is InChI=1S/C11H10O2.C2H6/c1-11-5-7-3-2-4-8(10(7)11)13-9(12)6-11;1-2/h2-4H,5-6H2,1H3;1-2H3. The molecule has 0 saturated heterocycles. The van der Waals surface area contributed by atoms with Gasteiger partial charge in [0, 0.05) is 11.0 Å². The number of hydrogen-bond donors (Lipinski definition) is 0. The number of hydrogen-bond acceptors (Lipinski definition) is 2. The molecule has 3 rings (SSSR count). The largest absolute Gasteiger partial charge is 0.426 e. The molecule has 0 bridgehead atoms. The Labute approximate surface area is 90.3 Å². The Morgan fingerprint density at radius 3 is 2.73 bits per heavy atom. The van der Waals surface area contributed by atoms with Crippen LogP contribution in [-0.2, 0) is 16.6 Å². The Bertz CT molecular complexity index is 409. The molecule has 0 saturated carbocycles. The zero-order chi connectivity index (χ0) is 11.1. The Kier molecular flexibility index (Phi) is 2.29. The highest BCUT2D eigenvalue weighted by Crippen LogP contribution is 2.50. The zero-order valence-electron chi connectivity index (χ0n) is 9.46. The number of carbonyl (C=O) groups is 1. The molecule has 0 amide bonds. The molecule has 1 aliphatic carbocycles. The molecule has 1 atom stereocenters. The fourth-order valence-corrected chi connectivity index (χ4v) is 2.52. The van der Waals surface area contributed by atoms with E-state index in [4.69, 9.17) is 4.74 Å². The molecule has 1 aromatic rings. The van der Waals surface area contributed by atoms with E-state index in [1.165, 1.54) is 11.1 Å². The number of ether oxygens (including phenoxy) is 1. The second-order valence-electron chi connectivity index (χ2n) is 4.18. The summed E-state index contributed by atoms with van der Waals surface area (Å²) in [5.74, 6) is 0.689. The van der Waals surface area contributed by atoms with Crippen molar-refractivity contribution in [1.29, 1.82) is 0 Å². The second-order valence-corrected chi connectivity index (χ2v) is 4.18. The van der Waals surface area contributed by atoms with Crippen molar-refractivity contribution in [3.05, 3.63) is 29.3 Å². The summed E-state index contributed by atoms with van der Waals surface area (Å²) in [7, 11) is 0. The van der Waals surface area contributed by atoms with Gasteiger partial charge in [-0.3, -0.25) is 4.79 Å².